The summed E-state index contributed by atoms with van der Waals surface area (Å²) >= 11 is 0. The van der Waals surface area contributed by atoms with Crippen LogP contribution in [0.4, 0.5) is 0 Å². The van der Waals surface area contributed by atoms with E-state index in [9.17, 15) is 4.79 Å². The van der Waals surface area contributed by atoms with Gasteiger partial charge in [-0.1, -0.05) is 13.3 Å². The standard InChI is InChI=1S/C10H19NO2/c1-5-7-6-10(7,11)8(12)13-9(2,3)4/h7H,5-6,11H2,1-4H3/t7-,10+/m1/s1. The van der Waals surface area contributed by atoms with Crippen molar-refractivity contribution in [1.29, 1.82) is 0 Å². The van der Waals surface area contributed by atoms with Gasteiger partial charge in [0.15, 0.2) is 0 Å². The SMILES string of the molecule is CC[C@@H]1C[C@@]1(N)C(=O)OC(C)(C)C. The molecule has 1 rings (SSSR count). The van der Waals surface area contributed by atoms with E-state index in [1.165, 1.54) is 0 Å². The van der Waals surface area contributed by atoms with Gasteiger partial charge in [-0.2, -0.15) is 0 Å². The molecular weight excluding hydrogens is 166 g/mol. The van der Waals surface area contributed by atoms with Crippen LogP contribution in [0.25, 0.3) is 0 Å². The topological polar surface area (TPSA) is 52.3 Å². The van der Waals surface area contributed by atoms with Crippen LogP contribution in [0.1, 0.15) is 40.5 Å². The van der Waals surface area contributed by atoms with Gasteiger partial charge in [-0.05, 0) is 33.1 Å². The van der Waals surface area contributed by atoms with Crippen LogP contribution >= 0.6 is 0 Å². The number of hydrogen-bond acceptors (Lipinski definition) is 3. The molecule has 3 nitrogen and oxygen atoms in total. The lowest BCUT2D eigenvalue weighted by Gasteiger charge is -2.22. The van der Waals surface area contributed by atoms with Gasteiger partial charge in [-0.25, -0.2) is 0 Å². The number of hydrogen-bond donors (Lipinski definition) is 1. The van der Waals surface area contributed by atoms with Crippen molar-refractivity contribution in [2.75, 3.05) is 0 Å². The zero-order chi connectivity index (χ0) is 10.3. The molecule has 2 atom stereocenters. The van der Waals surface area contributed by atoms with Crippen molar-refractivity contribution in [2.45, 2.75) is 51.7 Å². The highest BCUT2D eigenvalue weighted by Gasteiger charge is 2.57. The van der Waals surface area contributed by atoms with Gasteiger partial charge in [-0.3, -0.25) is 4.79 Å². The molecule has 3 heteroatoms. The van der Waals surface area contributed by atoms with Crippen molar-refractivity contribution in [2.24, 2.45) is 11.7 Å². The first-order valence-electron chi connectivity index (χ1n) is 4.82. The molecule has 1 saturated carbocycles. The molecule has 2 N–H and O–H groups in total. The molecule has 0 amide bonds. The average molecular weight is 185 g/mol. The first-order valence-corrected chi connectivity index (χ1v) is 4.82. The van der Waals surface area contributed by atoms with Crippen LogP contribution in [0, 0.1) is 5.92 Å². The van der Waals surface area contributed by atoms with Gasteiger partial charge in [0.25, 0.3) is 0 Å². The number of carbonyl (C=O) groups is 1. The summed E-state index contributed by atoms with van der Waals surface area (Å²) in [7, 11) is 0. The molecule has 0 saturated heterocycles. The van der Waals surface area contributed by atoms with Crippen molar-refractivity contribution in [3.63, 3.8) is 0 Å². The van der Waals surface area contributed by atoms with Crippen LogP contribution in [-0.4, -0.2) is 17.1 Å². The molecule has 0 aromatic rings. The van der Waals surface area contributed by atoms with Crippen molar-refractivity contribution in [3.8, 4) is 0 Å². The molecule has 0 aliphatic heterocycles. The molecule has 1 fully saturated rings. The maximum Gasteiger partial charge on any atom is 0.326 e. The highest BCUT2D eigenvalue weighted by atomic mass is 16.6. The molecule has 0 aromatic heterocycles. The third-order valence-electron chi connectivity index (χ3n) is 2.42. The fraction of sp³-hybridized carbons (Fsp3) is 0.900. The molecule has 13 heavy (non-hydrogen) atoms. The van der Waals surface area contributed by atoms with Crippen LogP contribution in [-0.2, 0) is 9.53 Å². The Balaban J connectivity index is 2.51. The quantitative estimate of drug-likeness (QED) is 0.662. The molecule has 0 aromatic carbocycles. The minimum atomic E-state index is -0.679. The van der Waals surface area contributed by atoms with E-state index in [4.69, 9.17) is 10.5 Å². The van der Waals surface area contributed by atoms with Gasteiger partial charge >= 0.3 is 5.97 Å². The van der Waals surface area contributed by atoms with Gasteiger partial charge in [0.2, 0.25) is 0 Å². The molecule has 1 aliphatic rings. The van der Waals surface area contributed by atoms with Gasteiger partial charge in [0.05, 0.1) is 0 Å². The molecule has 0 unspecified atom stereocenters. The molecule has 0 spiro atoms. The number of ether oxygens (including phenoxy) is 1. The minimum absolute atomic E-state index is 0.244. The Labute approximate surface area is 79.6 Å². The Morgan fingerprint density at radius 1 is 1.62 bits per heavy atom. The Morgan fingerprint density at radius 3 is 2.46 bits per heavy atom. The summed E-state index contributed by atoms with van der Waals surface area (Å²) in [6.07, 6.45) is 1.73. The van der Waals surface area contributed by atoms with Crippen LogP contribution in [0.5, 0.6) is 0 Å². The molecular formula is C10H19NO2. The van der Waals surface area contributed by atoms with E-state index in [-0.39, 0.29) is 5.97 Å². The van der Waals surface area contributed by atoms with Crippen molar-refractivity contribution < 1.29 is 9.53 Å². The van der Waals surface area contributed by atoms with Gasteiger partial charge < -0.3 is 10.5 Å². The highest BCUT2D eigenvalue weighted by molar-refractivity contribution is 5.85. The highest BCUT2D eigenvalue weighted by Crippen LogP contribution is 2.44. The van der Waals surface area contributed by atoms with Crippen molar-refractivity contribution >= 4 is 5.97 Å². The third kappa shape index (κ3) is 2.21. The van der Waals surface area contributed by atoms with Crippen molar-refractivity contribution in [3.05, 3.63) is 0 Å². The lowest BCUT2D eigenvalue weighted by Crippen LogP contribution is -2.41. The summed E-state index contributed by atoms with van der Waals surface area (Å²) in [5, 5.41) is 0. The first kappa shape index (κ1) is 10.5. The predicted molar refractivity (Wildman–Crippen MR) is 51.2 cm³/mol. The van der Waals surface area contributed by atoms with E-state index in [1.54, 1.807) is 0 Å². The third-order valence-corrected chi connectivity index (χ3v) is 2.42. The molecule has 1 aliphatic carbocycles. The Hall–Kier alpha value is -0.570. The van der Waals surface area contributed by atoms with Crippen LogP contribution in [0.2, 0.25) is 0 Å². The van der Waals surface area contributed by atoms with Gasteiger partial charge in [-0.15, -0.1) is 0 Å². The number of nitrogens with two attached hydrogens (primary N) is 1. The summed E-state index contributed by atoms with van der Waals surface area (Å²) in [6, 6.07) is 0. The van der Waals surface area contributed by atoms with Gasteiger partial charge in [0, 0.05) is 0 Å². The first-order chi connectivity index (χ1) is 5.79. The summed E-state index contributed by atoms with van der Waals surface area (Å²) in [4.78, 5) is 11.6. The molecule has 0 heterocycles. The lowest BCUT2D eigenvalue weighted by atomic mass is 10.1. The van der Waals surface area contributed by atoms with Crippen molar-refractivity contribution in [1.82, 2.24) is 0 Å². The molecule has 0 radical (unpaired) electrons. The summed E-state index contributed by atoms with van der Waals surface area (Å²) in [5.41, 5.74) is 4.77. The van der Waals surface area contributed by atoms with Gasteiger partial charge in [0.1, 0.15) is 11.1 Å². The van der Waals surface area contributed by atoms with Crippen LogP contribution < -0.4 is 5.73 Å². The summed E-state index contributed by atoms with van der Waals surface area (Å²) in [6.45, 7) is 7.62. The zero-order valence-corrected chi connectivity index (χ0v) is 8.89. The Bertz CT molecular complexity index is 219. The van der Waals surface area contributed by atoms with Crippen LogP contribution in [0.15, 0.2) is 0 Å². The number of esters is 1. The maximum absolute atomic E-state index is 11.6. The largest absolute Gasteiger partial charge is 0.459 e. The second kappa shape index (κ2) is 2.98. The number of carbonyl (C=O) groups excluding carboxylic acids is 1. The van der Waals surface area contributed by atoms with E-state index < -0.39 is 11.1 Å². The maximum atomic E-state index is 11.6. The monoisotopic (exact) mass is 185 g/mol. The fourth-order valence-corrected chi connectivity index (χ4v) is 1.48. The summed E-state index contributed by atoms with van der Waals surface area (Å²) in [5.74, 6) is 0.0780. The van der Waals surface area contributed by atoms with Crippen LogP contribution in [0.3, 0.4) is 0 Å². The number of rotatable bonds is 2. The van der Waals surface area contributed by atoms with E-state index in [0.717, 1.165) is 12.8 Å². The van der Waals surface area contributed by atoms with E-state index >= 15 is 0 Å². The minimum Gasteiger partial charge on any atom is -0.459 e. The fourth-order valence-electron chi connectivity index (χ4n) is 1.48. The Morgan fingerprint density at radius 2 is 2.15 bits per heavy atom. The lowest BCUT2D eigenvalue weighted by molar-refractivity contribution is -0.158. The average Bonchev–Trinajstić information content (AvgIpc) is 2.60. The summed E-state index contributed by atoms with van der Waals surface area (Å²) < 4.78 is 5.23. The van der Waals surface area contributed by atoms with E-state index in [0.29, 0.717) is 5.92 Å². The smallest absolute Gasteiger partial charge is 0.326 e. The second-order valence-corrected chi connectivity index (χ2v) is 4.85. The molecule has 76 valence electrons. The Kier molecular flexibility index (Phi) is 2.41. The van der Waals surface area contributed by atoms with E-state index in [1.807, 2.05) is 27.7 Å². The normalized spacial score (nSPS) is 32.8. The predicted octanol–water partition coefficient (Wildman–Crippen LogP) is 1.46. The van der Waals surface area contributed by atoms with E-state index in [2.05, 4.69) is 0 Å². The second-order valence-electron chi connectivity index (χ2n) is 4.85. The molecule has 0 bridgehead atoms. The zero-order valence-electron chi connectivity index (χ0n) is 8.89.